The van der Waals surface area contributed by atoms with Crippen LogP contribution >= 0.6 is 11.3 Å². The van der Waals surface area contributed by atoms with Crippen LogP contribution in [0.5, 0.6) is 0 Å². The minimum absolute atomic E-state index is 0.191. The third kappa shape index (κ3) is 4.55. The molecule has 8 heteroatoms. The second-order valence-electron chi connectivity index (χ2n) is 7.93. The summed E-state index contributed by atoms with van der Waals surface area (Å²) in [5.74, 6) is -0.941. The van der Waals surface area contributed by atoms with Gasteiger partial charge in [0.1, 0.15) is 6.04 Å². The van der Waals surface area contributed by atoms with Gasteiger partial charge in [-0.2, -0.15) is 0 Å². The van der Waals surface area contributed by atoms with Crippen LogP contribution in [0.3, 0.4) is 0 Å². The van der Waals surface area contributed by atoms with Gasteiger partial charge in [-0.15, -0.1) is 11.3 Å². The van der Waals surface area contributed by atoms with Crippen molar-refractivity contribution in [2.24, 2.45) is 0 Å². The number of thiophene rings is 1. The lowest BCUT2D eigenvalue weighted by atomic mass is 10.1. The normalized spacial score (nSPS) is 15.8. The molecule has 1 fully saturated rings. The van der Waals surface area contributed by atoms with Crippen LogP contribution in [-0.4, -0.2) is 46.3 Å². The molecule has 1 aliphatic heterocycles. The van der Waals surface area contributed by atoms with Crippen molar-refractivity contribution >= 4 is 29.0 Å². The summed E-state index contributed by atoms with van der Waals surface area (Å²) in [4.78, 5) is 40.8. The molecular formula is C24H26N2O5S. The highest BCUT2D eigenvalue weighted by atomic mass is 32.1. The van der Waals surface area contributed by atoms with E-state index in [9.17, 15) is 14.4 Å². The Bertz CT molecular complexity index is 1100. The fourth-order valence-electron chi connectivity index (χ4n) is 4.21. The lowest BCUT2D eigenvalue weighted by Crippen LogP contribution is -2.41. The number of amides is 1. The van der Waals surface area contributed by atoms with Crippen molar-refractivity contribution in [1.29, 1.82) is 0 Å². The van der Waals surface area contributed by atoms with Gasteiger partial charge in [0.05, 0.1) is 6.26 Å². The van der Waals surface area contributed by atoms with E-state index in [4.69, 9.17) is 9.15 Å². The van der Waals surface area contributed by atoms with Crippen LogP contribution in [0.25, 0.3) is 0 Å². The Balaban J connectivity index is 1.36. The van der Waals surface area contributed by atoms with E-state index in [0.29, 0.717) is 24.9 Å². The van der Waals surface area contributed by atoms with E-state index in [-0.39, 0.29) is 24.1 Å². The highest BCUT2D eigenvalue weighted by Crippen LogP contribution is 2.22. The van der Waals surface area contributed by atoms with Crippen molar-refractivity contribution < 1.29 is 23.5 Å². The molecule has 0 radical (unpaired) electrons. The van der Waals surface area contributed by atoms with Gasteiger partial charge in [-0.25, -0.2) is 4.79 Å². The summed E-state index contributed by atoms with van der Waals surface area (Å²) in [5.41, 5.74) is 2.44. The monoisotopic (exact) mass is 454 g/mol. The Labute approximate surface area is 190 Å². The smallest absolute Gasteiger partial charge is 0.329 e. The fraction of sp³-hybridized carbons (Fsp3) is 0.375. The van der Waals surface area contributed by atoms with Gasteiger partial charge in [0.25, 0.3) is 5.91 Å². The molecule has 1 aliphatic rings. The molecule has 1 amide bonds. The van der Waals surface area contributed by atoms with Crippen molar-refractivity contribution in [1.82, 2.24) is 9.47 Å². The molecule has 7 nitrogen and oxygen atoms in total. The summed E-state index contributed by atoms with van der Waals surface area (Å²) < 4.78 is 12.6. The molecule has 0 N–H and O–H groups in total. The van der Waals surface area contributed by atoms with E-state index in [0.717, 1.165) is 24.4 Å². The Hall–Kier alpha value is -3.13. The van der Waals surface area contributed by atoms with Crippen molar-refractivity contribution in [3.63, 3.8) is 0 Å². The third-order valence-electron chi connectivity index (χ3n) is 5.90. The largest absolute Gasteiger partial charge is 0.459 e. The SMILES string of the molecule is Cc1cc(C(=O)COC(=O)[C@@H]2CCCN2C(=O)c2ccco2)c(C)n1CCc1cccs1. The molecule has 3 aromatic rings. The number of hydrogen-bond acceptors (Lipinski definition) is 6. The number of aromatic nitrogens is 1. The van der Waals surface area contributed by atoms with Gasteiger partial charge < -0.3 is 18.6 Å². The van der Waals surface area contributed by atoms with Crippen LogP contribution in [-0.2, 0) is 22.5 Å². The first-order chi connectivity index (χ1) is 15.5. The van der Waals surface area contributed by atoms with Gasteiger partial charge in [-0.3, -0.25) is 9.59 Å². The molecule has 32 heavy (non-hydrogen) atoms. The second kappa shape index (κ2) is 9.56. The molecule has 4 heterocycles. The summed E-state index contributed by atoms with van der Waals surface area (Å²) in [5, 5.41) is 2.06. The predicted octanol–water partition coefficient (Wildman–Crippen LogP) is 4.03. The average molecular weight is 455 g/mol. The fourth-order valence-corrected chi connectivity index (χ4v) is 4.91. The average Bonchev–Trinajstić information content (AvgIpc) is 3.58. The highest BCUT2D eigenvalue weighted by Gasteiger charge is 2.37. The second-order valence-corrected chi connectivity index (χ2v) is 8.96. The Kier molecular flexibility index (Phi) is 6.60. The number of furan rings is 1. The summed E-state index contributed by atoms with van der Waals surface area (Å²) in [7, 11) is 0. The number of likely N-dealkylation sites (tertiary alicyclic amines) is 1. The van der Waals surface area contributed by atoms with Crippen molar-refractivity contribution in [3.05, 3.63) is 69.6 Å². The van der Waals surface area contributed by atoms with Crippen LogP contribution in [0.15, 0.2) is 46.4 Å². The molecule has 0 aliphatic carbocycles. The van der Waals surface area contributed by atoms with Crippen LogP contribution in [0.4, 0.5) is 0 Å². The van der Waals surface area contributed by atoms with E-state index in [1.54, 1.807) is 23.5 Å². The number of carbonyl (C=O) groups excluding carboxylic acids is 3. The quantitative estimate of drug-likeness (QED) is 0.379. The molecule has 3 aromatic heterocycles. The van der Waals surface area contributed by atoms with Crippen molar-refractivity contribution in [3.8, 4) is 0 Å². The molecule has 0 aromatic carbocycles. The molecule has 0 spiro atoms. The Morgan fingerprint density at radius 1 is 1.22 bits per heavy atom. The number of nitrogens with zero attached hydrogens (tertiary/aromatic N) is 2. The first-order valence-electron chi connectivity index (χ1n) is 10.7. The molecule has 0 bridgehead atoms. The Morgan fingerprint density at radius 2 is 2.06 bits per heavy atom. The number of carbonyl (C=O) groups is 3. The van der Waals surface area contributed by atoms with E-state index < -0.39 is 12.0 Å². The van der Waals surface area contributed by atoms with E-state index >= 15 is 0 Å². The molecule has 168 valence electrons. The summed E-state index contributed by atoms with van der Waals surface area (Å²) in [6.45, 7) is 4.79. The van der Waals surface area contributed by atoms with Gasteiger partial charge in [-0.1, -0.05) is 6.07 Å². The zero-order valence-electron chi connectivity index (χ0n) is 18.2. The number of ether oxygens (including phenoxy) is 1. The predicted molar refractivity (Wildman–Crippen MR) is 120 cm³/mol. The minimum atomic E-state index is -0.696. The van der Waals surface area contributed by atoms with E-state index in [1.165, 1.54) is 16.0 Å². The summed E-state index contributed by atoms with van der Waals surface area (Å²) in [6.07, 6.45) is 3.53. The van der Waals surface area contributed by atoms with Gasteiger partial charge >= 0.3 is 5.97 Å². The molecule has 1 saturated heterocycles. The van der Waals surface area contributed by atoms with Crippen LogP contribution in [0, 0.1) is 13.8 Å². The van der Waals surface area contributed by atoms with Crippen molar-refractivity contribution in [2.45, 2.75) is 45.7 Å². The first kappa shape index (κ1) is 22.1. The number of aryl methyl sites for hydroxylation is 2. The number of rotatable bonds is 8. The maximum absolute atomic E-state index is 12.8. The van der Waals surface area contributed by atoms with Gasteiger partial charge in [0.2, 0.25) is 5.78 Å². The Morgan fingerprint density at radius 3 is 2.78 bits per heavy atom. The third-order valence-corrected chi connectivity index (χ3v) is 6.84. The first-order valence-corrected chi connectivity index (χ1v) is 11.6. The van der Waals surface area contributed by atoms with Crippen LogP contribution < -0.4 is 0 Å². The molecule has 0 unspecified atom stereocenters. The number of esters is 1. The zero-order valence-corrected chi connectivity index (χ0v) is 19.0. The number of ketones is 1. The number of hydrogen-bond donors (Lipinski definition) is 0. The molecule has 1 atom stereocenters. The topological polar surface area (TPSA) is 81.8 Å². The van der Waals surface area contributed by atoms with E-state index in [1.807, 2.05) is 26.0 Å². The van der Waals surface area contributed by atoms with Crippen molar-refractivity contribution in [2.75, 3.05) is 13.2 Å². The zero-order chi connectivity index (χ0) is 22.7. The lowest BCUT2D eigenvalue weighted by molar-refractivity contribution is -0.147. The lowest BCUT2D eigenvalue weighted by Gasteiger charge is -2.22. The molecule has 0 saturated carbocycles. The maximum Gasteiger partial charge on any atom is 0.329 e. The standard InChI is InChI=1S/C24H26N2O5S/c1-16-14-19(17(2)25(16)11-9-18-6-5-13-32-18)21(27)15-31-24(29)20-7-3-10-26(20)23(28)22-8-4-12-30-22/h4-6,8,12-14,20H,3,7,9-11,15H2,1-2H3/t20-/m0/s1. The minimum Gasteiger partial charge on any atom is -0.459 e. The summed E-state index contributed by atoms with van der Waals surface area (Å²) >= 11 is 1.72. The van der Waals surface area contributed by atoms with Gasteiger partial charge in [0.15, 0.2) is 12.4 Å². The van der Waals surface area contributed by atoms with Crippen LogP contribution in [0.2, 0.25) is 0 Å². The van der Waals surface area contributed by atoms with E-state index in [2.05, 4.69) is 16.0 Å². The van der Waals surface area contributed by atoms with Gasteiger partial charge in [0, 0.05) is 34.9 Å². The maximum atomic E-state index is 12.8. The van der Waals surface area contributed by atoms with Crippen LogP contribution in [0.1, 0.15) is 50.0 Å². The highest BCUT2D eigenvalue weighted by molar-refractivity contribution is 7.09. The molecular weight excluding hydrogens is 428 g/mol. The summed E-state index contributed by atoms with van der Waals surface area (Å²) in [6, 6.07) is 8.49. The number of Topliss-reactive ketones (excluding diaryl/α,β-unsaturated/α-hetero) is 1. The van der Waals surface area contributed by atoms with Gasteiger partial charge in [-0.05, 0) is 62.8 Å². The molecule has 4 rings (SSSR count).